The van der Waals surface area contributed by atoms with Crippen molar-refractivity contribution in [3.63, 3.8) is 0 Å². The number of carbonyl (C=O) groups excluding carboxylic acids is 1. The summed E-state index contributed by atoms with van der Waals surface area (Å²) in [5.41, 5.74) is 9.26. The second kappa shape index (κ2) is 9.33. The first kappa shape index (κ1) is 19.1. The number of nitrogens with zero attached hydrogens (tertiary/aromatic N) is 1. The summed E-state index contributed by atoms with van der Waals surface area (Å²) in [7, 11) is 0. The average Bonchev–Trinajstić information content (AvgIpc) is 2.69. The minimum absolute atomic E-state index is 0.113. The smallest absolute Gasteiger partial charge is 0.253 e. The van der Waals surface area contributed by atoms with E-state index in [9.17, 15) is 9.18 Å². The van der Waals surface area contributed by atoms with Gasteiger partial charge in [-0.2, -0.15) is 0 Å². The molecule has 0 spiro atoms. The highest BCUT2D eigenvalue weighted by molar-refractivity contribution is 5.99. The summed E-state index contributed by atoms with van der Waals surface area (Å²) in [6.07, 6.45) is 5.18. The molecule has 0 atom stereocenters. The summed E-state index contributed by atoms with van der Waals surface area (Å²) in [6.45, 7) is 3.59. The summed E-state index contributed by atoms with van der Waals surface area (Å²) in [5, 5.41) is 2.93. The first-order valence-corrected chi connectivity index (χ1v) is 9.43. The van der Waals surface area contributed by atoms with Gasteiger partial charge >= 0.3 is 0 Å². The van der Waals surface area contributed by atoms with Crippen LogP contribution >= 0.6 is 0 Å². The zero-order chi connectivity index (χ0) is 19.1. The van der Waals surface area contributed by atoms with Crippen molar-refractivity contribution in [1.29, 1.82) is 0 Å². The summed E-state index contributed by atoms with van der Waals surface area (Å²) in [6, 6.07) is 13.8. The Morgan fingerprint density at radius 3 is 2.59 bits per heavy atom. The van der Waals surface area contributed by atoms with Crippen molar-refractivity contribution in [2.45, 2.75) is 19.3 Å². The van der Waals surface area contributed by atoms with E-state index in [1.54, 1.807) is 12.1 Å². The largest absolute Gasteiger partial charge is 0.398 e. The van der Waals surface area contributed by atoms with Gasteiger partial charge in [0.25, 0.3) is 5.91 Å². The van der Waals surface area contributed by atoms with Gasteiger partial charge in [-0.1, -0.05) is 30.3 Å². The molecule has 5 heteroatoms. The van der Waals surface area contributed by atoms with Crippen LogP contribution in [0.15, 0.2) is 54.6 Å². The highest BCUT2D eigenvalue weighted by Crippen LogP contribution is 2.22. The van der Waals surface area contributed by atoms with Gasteiger partial charge < -0.3 is 11.1 Å². The van der Waals surface area contributed by atoms with Crippen LogP contribution in [0.25, 0.3) is 5.57 Å². The Balaban J connectivity index is 1.35. The molecule has 0 saturated heterocycles. The van der Waals surface area contributed by atoms with Crippen LogP contribution in [0.1, 0.15) is 35.2 Å². The number of para-hydroxylation sites is 1. The molecule has 2 aromatic rings. The van der Waals surface area contributed by atoms with E-state index in [-0.39, 0.29) is 11.7 Å². The van der Waals surface area contributed by atoms with Crippen molar-refractivity contribution in [2.75, 3.05) is 31.9 Å². The van der Waals surface area contributed by atoms with E-state index < -0.39 is 0 Å². The fourth-order valence-corrected chi connectivity index (χ4v) is 3.30. The fraction of sp³-hybridized carbons (Fsp3) is 0.318. The normalized spacial score (nSPS) is 14.6. The molecule has 27 heavy (non-hydrogen) atoms. The fourth-order valence-electron chi connectivity index (χ4n) is 3.30. The molecule has 0 aliphatic carbocycles. The second-order valence-electron chi connectivity index (χ2n) is 6.84. The number of halogens is 1. The minimum Gasteiger partial charge on any atom is -0.398 e. The molecule has 1 amide bonds. The van der Waals surface area contributed by atoms with Gasteiger partial charge in [0.15, 0.2) is 0 Å². The Kier molecular flexibility index (Phi) is 6.60. The van der Waals surface area contributed by atoms with E-state index in [0.29, 0.717) is 17.8 Å². The number of nitrogens with one attached hydrogen (secondary N) is 1. The van der Waals surface area contributed by atoms with Gasteiger partial charge in [-0.25, -0.2) is 4.39 Å². The maximum atomic E-state index is 13.0. The maximum absolute atomic E-state index is 13.0. The lowest BCUT2D eigenvalue weighted by molar-refractivity contribution is 0.0953. The van der Waals surface area contributed by atoms with Crippen LogP contribution in [0.4, 0.5) is 10.1 Å². The van der Waals surface area contributed by atoms with Crippen molar-refractivity contribution >= 4 is 17.2 Å². The molecule has 0 radical (unpaired) electrons. The molecular weight excluding hydrogens is 341 g/mol. The third-order valence-corrected chi connectivity index (χ3v) is 4.90. The number of anilines is 1. The van der Waals surface area contributed by atoms with Crippen LogP contribution in [0.3, 0.4) is 0 Å². The van der Waals surface area contributed by atoms with E-state index in [4.69, 9.17) is 5.73 Å². The Morgan fingerprint density at radius 2 is 1.89 bits per heavy atom. The topological polar surface area (TPSA) is 58.4 Å². The van der Waals surface area contributed by atoms with Crippen LogP contribution in [-0.4, -0.2) is 37.0 Å². The molecule has 0 unspecified atom stereocenters. The predicted molar refractivity (Wildman–Crippen MR) is 108 cm³/mol. The number of unbranched alkanes of at least 4 members (excludes halogenated alkanes) is 1. The number of nitrogens with two attached hydrogens (primary N) is 1. The Bertz CT molecular complexity index is 801. The van der Waals surface area contributed by atoms with E-state index in [1.807, 2.05) is 24.3 Å². The first-order chi connectivity index (χ1) is 13.1. The van der Waals surface area contributed by atoms with Gasteiger partial charge in [0, 0.05) is 25.3 Å². The molecule has 2 aromatic carbocycles. The van der Waals surface area contributed by atoms with Gasteiger partial charge in [0.05, 0.1) is 5.56 Å². The third-order valence-electron chi connectivity index (χ3n) is 4.90. The van der Waals surface area contributed by atoms with Crippen molar-refractivity contribution in [2.24, 2.45) is 0 Å². The van der Waals surface area contributed by atoms with Crippen LogP contribution < -0.4 is 11.1 Å². The van der Waals surface area contributed by atoms with Crippen LogP contribution in [0.5, 0.6) is 0 Å². The van der Waals surface area contributed by atoms with Gasteiger partial charge in [0.1, 0.15) is 5.82 Å². The van der Waals surface area contributed by atoms with E-state index in [0.717, 1.165) is 44.5 Å². The average molecular weight is 367 g/mol. The number of amides is 1. The number of nitrogen functional groups attached to an aromatic ring is 1. The lowest BCUT2D eigenvalue weighted by atomic mass is 9.99. The molecule has 0 aromatic heterocycles. The molecule has 4 nitrogen and oxygen atoms in total. The summed E-state index contributed by atoms with van der Waals surface area (Å²) < 4.78 is 13.0. The molecule has 1 heterocycles. The highest BCUT2D eigenvalue weighted by atomic mass is 19.1. The van der Waals surface area contributed by atoms with Crippen LogP contribution in [-0.2, 0) is 0 Å². The summed E-state index contributed by atoms with van der Waals surface area (Å²) in [5.74, 6) is -0.309. The second-order valence-corrected chi connectivity index (χ2v) is 6.84. The van der Waals surface area contributed by atoms with Crippen LogP contribution in [0, 0.1) is 5.82 Å². The number of hydrogen-bond donors (Lipinski definition) is 2. The Morgan fingerprint density at radius 1 is 1.11 bits per heavy atom. The zero-order valence-electron chi connectivity index (χ0n) is 15.5. The van der Waals surface area contributed by atoms with Crippen molar-refractivity contribution < 1.29 is 9.18 Å². The van der Waals surface area contributed by atoms with Gasteiger partial charge in [-0.05, 0) is 61.2 Å². The lowest BCUT2D eigenvalue weighted by Crippen LogP contribution is -2.30. The van der Waals surface area contributed by atoms with Gasteiger partial charge in [-0.3, -0.25) is 9.69 Å². The quantitative estimate of drug-likeness (QED) is 0.579. The van der Waals surface area contributed by atoms with Crippen molar-refractivity contribution in [3.8, 4) is 0 Å². The maximum Gasteiger partial charge on any atom is 0.253 e. The monoisotopic (exact) mass is 367 g/mol. The molecule has 1 aliphatic heterocycles. The number of rotatable bonds is 7. The minimum atomic E-state index is -0.196. The molecule has 142 valence electrons. The SMILES string of the molecule is Nc1ccccc1C(=O)NCCCCN1CC=C(c2ccc(F)cc2)CC1. The molecule has 1 aliphatic rings. The van der Waals surface area contributed by atoms with Crippen LogP contribution in [0.2, 0.25) is 0 Å². The highest BCUT2D eigenvalue weighted by Gasteiger charge is 2.13. The zero-order valence-corrected chi connectivity index (χ0v) is 15.5. The van der Waals surface area contributed by atoms with Crippen molar-refractivity contribution in [1.82, 2.24) is 10.2 Å². The summed E-state index contributed by atoms with van der Waals surface area (Å²) in [4.78, 5) is 14.5. The Hall–Kier alpha value is -2.66. The standard InChI is InChI=1S/C22H26FN3O/c23-19-9-7-17(8-10-19)18-11-15-26(16-12-18)14-4-3-13-25-22(27)20-5-1-2-6-21(20)24/h1-2,5-11H,3-4,12-16,24H2,(H,25,27). The first-order valence-electron chi connectivity index (χ1n) is 9.43. The number of benzene rings is 2. The number of carbonyl (C=O) groups is 1. The van der Waals surface area contributed by atoms with Gasteiger partial charge in [-0.15, -0.1) is 0 Å². The number of hydrogen-bond acceptors (Lipinski definition) is 3. The van der Waals surface area contributed by atoms with E-state index >= 15 is 0 Å². The van der Waals surface area contributed by atoms with Gasteiger partial charge in [0.2, 0.25) is 0 Å². The molecule has 3 rings (SSSR count). The molecule has 0 fully saturated rings. The van der Waals surface area contributed by atoms with E-state index in [2.05, 4.69) is 16.3 Å². The third kappa shape index (κ3) is 5.41. The molecular formula is C22H26FN3O. The van der Waals surface area contributed by atoms with Crippen molar-refractivity contribution in [3.05, 3.63) is 71.6 Å². The molecule has 0 saturated carbocycles. The van der Waals surface area contributed by atoms with E-state index in [1.165, 1.54) is 17.7 Å². The molecule has 0 bridgehead atoms. The molecule has 3 N–H and O–H groups in total. The predicted octanol–water partition coefficient (Wildman–Crippen LogP) is 3.71. The lowest BCUT2D eigenvalue weighted by Gasteiger charge is -2.26. The Labute approximate surface area is 159 Å². The summed E-state index contributed by atoms with van der Waals surface area (Å²) >= 11 is 0.